The van der Waals surface area contributed by atoms with Crippen molar-refractivity contribution in [1.82, 2.24) is 25.5 Å². The molecule has 1 atom stereocenters. The highest BCUT2D eigenvalue weighted by atomic mass is 16.3. The van der Waals surface area contributed by atoms with Gasteiger partial charge in [0, 0.05) is 12.1 Å². The first-order valence-electron chi connectivity index (χ1n) is 5.46. The number of amides is 1. The average molecular weight is 247 g/mol. The summed E-state index contributed by atoms with van der Waals surface area (Å²) in [5.74, 6) is -0.223. The number of carbonyl (C=O) groups excluding carboxylic acids is 1. The Morgan fingerprint density at radius 2 is 2.17 bits per heavy atom. The van der Waals surface area contributed by atoms with Crippen molar-refractivity contribution < 1.29 is 9.90 Å². The van der Waals surface area contributed by atoms with Crippen LogP contribution in [-0.2, 0) is 0 Å². The average Bonchev–Trinajstić information content (AvgIpc) is 2.90. The van der Waals surface area contributed by atoms with E-state index in [9.17, 15) is 4.79 Å². The zero-order valence-electron chi connectivity index (χ0n) is 9.82. The largest absolute Gasteiger partial charge is 0.392 e. The molecule has 2 aromatic rings. The maximum atomic E-state index is 11.7. The SMILES string of the molecule is C[C@@H](O)CNC(=O)c1ccc(-n2cnnn2)cc1. The van der Waals surface area contributed by atoms with Gasteiger partial charge in [-0.15, -0.1) is 5.10 Å². The maximum Gasteiger partial charge on any atom is 0.251 e. The molecule has 0 radical (unpaired) electrons. The number of rotatable bonds is 4. The van der Waals surface area contributed by atoms with E-state index in [1.807, 2.05) is 0 Å². The molecular weight excluding hydrogens is 234 g/mol. The molecule has 2 rings (SSSR count). The highest BCUT2D eigenvalue weighted by Crippen LogP contribution is 2.07. The molecule has 1 heterocycles. The number of aromatic nitrogens is 4. The summed E-state index contributed by atoms with van der Waals surface area (Å²) in [6, 6.07) is 6.84. The number of aliphatic hydroxyl groups is 1. The van der Waals surface area contributed by atoms with Crippen LogP contribution in [0.3, 0.4) is 0 Å². The van der Waals surface area contributed by atoms with Gasteiger partial charge >= 0.3 is 0 Å². The Hall–Kier alpha value is -2.28. The number of hydrogen-bond donors (Lipinski definition) is 2. The normalized spacial score (nSPS) is 12.1. The van der Waals surface area contributed by atoms with Crippen molar-refractivity contribution in [2.24, 2.45) is 0 Å². The Morgan fingerprint density at radius 1 is 1.44 bits per heavy atom. The monoisotopic (exact) mass is 247 g/mol. The van der Waals surface area contributed by atoms with Crippen LogP contribution in [0.4, 0.5) is 0 Å². The van der Waals surface area contributed by atoms with Crippen molar-refractivity contribution in [1.29, 1.82) is 0 Å². The van der Waals surface area contributed by atoms with E-state index < -0.39 is 6.10 Å². The molecule has 0 fully saturated rings. The van der Waals surface area contributed by atoms with E-state index >= 15 is 0 Å². The molecule has 0 aliphatic rings. The van der Waals surface area contributed by atoms with Gasteiger partial charge in [-0.2, -0.15) is 0 Å². The number of hydrogen-bond acceptors (Lipinski definition) is 5. The molecule has 1 aromatic heterocycles. The van der Waals surface area contributed by atoms with Gasteiger partial charge in [-0.1, -0.05) is 0 Å². The zero-order chi connectivity index (χ0) is 13.0. The van der Waals surface area contributed by atoms with E-state index in [4.69, 9.17) is 5.11 Å². The molecular formula is C11H13N5O2. The van der Waals surface area contributed by atoms with Crippen LogP contribution in [-0.4, -0.2) is 43.9 Å². The smallest absolute Gasteiger partial charge is 0.251 e. The molecule has 0 unspecified atom stereocenters. The summed E-state index contributed by atoms with van der Waals surface area (Å²) in [7, 11) is 0. The highest BCUT2D eigenvalue weighted by Gasteiger charge is 2.06. The molecule has 7 heteroatoms. The van der Waals surface area contributed by atoms with E-state index in [-0.39, 0.29) is 12.5 Å². The second kappa shape index (κ2) is 5.37. The standard InChI is InChI=1S/C11H13N5O2/c1-8(17)6-12-11(18)9-2-4-10(5-3-9)16-7-13-14-15-16/h2-5,7-8,17H,6H2,1H3,(H,12,18)/t8-/m1/s1. The second-order valence-corrected chi connectivity index (χ2v) is 3.86. The highest BCUT2D eigenvalue weighted by molar-refractivity contribution is 5.94. The van der Waals surface area contributed by atoms with Crippen LogP contribution in [0.5, 0.6) is 0 Å². The summed E-state index contributed by atoms with van der Waals surface area (Å²) >= 11 is 0. The zero-order valence-corrected chi connectivity index (χ0v) is 9.82. The quantitative estimate of drug-likeness (QED) is 0.778. The summed E-state index contributed by atoms with van der Waals surface area (Å²) in [4.78, 5) is 11.7. The third-order valence-electron chi connectivity index (χ3n) is 2.30. The van der Waals surface area contributed by atoms with Crippen molar-refractivity contribution in [2.75, 3.05) is 6.54 Å². The van der Waals surface area contributed by atoms with Gasteiger partial charge in [0.25, 0.3) is 5.91 Å². The Labute approximate surface area is 103 Å². The maximum absolute atomic E-state index is 11.7. The van der Waals surface area contributed by atoms with Gasteiger partial charge in [0.15, 0.2) is 0 Å². The summed E-state index contributed by atoms with van der Waals surface area (Å²) in [6.45, 7) is 1.84. The molecule has 0 saturated carbocycles. The van der Waals surface area contributed by atoms with E-state index in [0.29, 0.717) is 5.56 Å². The van der Waals surface area contributed by atoms with Crippen molar-refractivity contribution in [3.05, 3.63) is 36.2 Å². The lowest BCUT2D eigenvalue weighted by Crippen LogP contribution is -2.30. The first-order chi connectivity index (χ1) is 8.66. The lowest BCUT2D eigenvalue weighted by molar-refractivity contribution is 0.0924. The van der Waals surface area contributed by atoms with Gasteiger partial charge < -0.3 is 10.4 Å². The second-order valence-electron chi connectivity index (χ2n) is 3.86. The number of nitrogens with one attached hydrogen (secondary N) is 1. The molecule has 0 aliphatic heterocycles. The summed E-state index contributed by atoms with van der Waals surface area (Å²) < 4.78 is 1.50. The fourth-order valence-electron chi connectivity index (χ4n) is 1.39. The van der Waals surface area contributed by atoms with Gasteiger partial charge in [-0.3, -0.25) is 4.79 Å². The van der Waals surface area contributed by atoms with Gasteiger partial charge in [0.05, 0.1) is 11.8 Å². The van der Waals surface area contributed by atoms with E-state index in [1.54, 1.807) is 31.2 Å². The molecule has 1 amide bonds. The molecule has 2 N–H and O–H groups in total. The fraction of sp³-hybridized carbons (Fsp3) is 0.273. The predicted octanol–water partition coefficient (Wildman–Crippen LogP) is -0.227. The van der Waals surface area contributed by atoms with Crippen LogP contribution in [0.25, 0.3) is 5.69 Å². The van der Waals surface area contributed by atoms with Crippen molar-refractivity contribution >= 4 is 5.91 Å². The van der Waals surface area contributed by atoms with Crippen molar-refractivity contribution in [3.63, 3.8) is 0 Å². The molecule has 18 heavy (non-hydrogen) atoms. The molecule has 7 nitrogen and oxygen atoms in total. The molecule has 1 aromatic carbocycles. The minimum Gasteiger partial charge on any atom is -0.392 e. The van der Waals surface area contributed by atoms with E-state index in [2.05, 4.69) is 20.8 Å². The number of nitrogens with zero attached hydrogens (tertiary/aromatic N) is 4. The third kappa shape index (κ3) is 2.89. The van der Waals surface area contributed by atoms with Crippen LogP contribution in [0, 0.1) is 0 Å². The summed E-state index contributed by atoms with van der Waals surface area (Å²) in [5.41, 5.74) is 1.29. The molecule has 0 aliphatic carbocycles. The lowest BCUT2D eigenvalue weighted by atomic mass is 10.2. The van der Waals surface area contributed by atoms with Gasteiger partial charge in [-0.25, -0.2) is 4.68 Å². The fourth-order valence-corrected chi connectivity index (χ4v) is 1.39. The number of benzene rings is 1. The van der Waals surface area contributed by atoms with Gasteiger partial charge in [0.2, 0.25) is 0 Å². The van der Waals surface area contributed by atoms with Crippen LogP contribution >= 0.6 is 0 Å². The Balaban J connectivity index is 2.06. The number of aliphatic hydroxyl groups excluding tert-OH is 1. The Morgan fingerprint density at radius 3 is 2.72 bits per heavy atom. The van der Waals surface area contributed by atoms with E-state index in [1.165, 1.54) is 11.0 Å². The molecule has 94 valence electrons. The Kier molecular flexibility index (Phi) is 3.63. The van der Waals surface area contributed by atoms with Gasteiger partial charge in [0.1, 0.15) is 6.33 Å². The topological polar surface area (TPSA) is 92.9 Å². The Bertz CT molecular complexity index is 507. The van der Waals surface area contributed by atoms with Crippen molar-refractivity contribution in [2.45, 2.75) is 13.0 Å². The van der Waals surface area contributed by atoms with Crippen LogP contribution in [0.2, 0.25) is 0 Å². The number of tetrazole rings is 1. The van der Waals surface area contributed by atoms with E-state index in [0.717, 1.165) is 5.69 Å². The first kappa shape index (κ1) is 12.2. The minimum atomic E-state index is -0.561. The third-order valence-corrected chi connectivity index (χ3v) is 2.30. The van der Waals surface area contributed by atoms with Crippen LogP contribution < -0.4 is 5.32 Å². The molecule has 0 spiro atoms. The van der Waals surface area contributed by atoms with Crippen LogP contribution in [0.15, 0.2) is 30.6 Å². The van der Waals surface area contributed by atoms with Gasteiger partial charge in [-0.05, 0) is 41.6 Å². The predicted molar refractivity (Wildman–Crippen MR) is 63.2 cm³/mol. The molecule has 0 saturated heterocycles. The minimum absolute atomic E-state index is 0.223. The van der Waals surface area contributed by atoms with Crippen LogP contribution in [0.1, 0.15) is 17.3 Å². The first-order valence-corrected chi connectivity index (χ1v) is 5.46. The molecule has 0 bridgehead atoms. The number of carbonyl (C=O) groups is 1. The summed E-state index contributed by atoms with van der Waals surface area (Å²) in [5, 5.41) is 22.5. The summed E-state index contributed by atoms with van der Waals surface area (Å²) in [6.07, 6.45) is 0.914. The van der Waals surface area contributed by atoms with Crippen molar-refractivity contribution in [3.8, 4) is 5.69 Å². The lowest BCUT2D eigenvalue weighted by Gasteiger charge is -2.07.